The first-order chi connectivity index (χ1) is 13.8. The number of anilines is 2. The van der Waals surface area contributed by atoms with Gasteiger partial charge in [0.25, 0.3) is 5.91 Å². The van der Waals surface area contributed by atoms with Crippen molar-refractivity contribution in [3.63, 3.8) is 0 Å². The average molecular weight is 399 g/mol. The van der Waals surface area contributed by atoms with Crippen molar-refractivity contribution in [2.45, 2.75) is 6.18 Å². The summed E-state index contributed by atoms with van der Waals surface area (Å²) in [7, 11) is 0. The summed E-state index contributed by atoms with van der Waals surface area (Å²) in [4.78, 5) is 23.1. The van der Waals surface area contributed by atoms with Crippen LogP contribution in [0.5, 0.6) is 0 Å². The highest BCUT2D eigenvalue weighted by Crippen LogP contribution is 2.29. The Labute approximate surface area is 161 Å². The molecule has 0 spiro atoms. The number of carbonyl (C=O) groups is 1. The van der Waals surface area contributed by atoms with Crippen LogP contribution in [0.25, 0.3) is 17.0 Å². The summed E-state index contributed by atoms with van der Waals surface area (Å²) in [5.41, 5.74) is 5.25. The molecule has 4 heterocycles. The number of amides is 1. The maximum absolute atomic E-state index is 13.0. The number of alkyl halides is 3. The van der Waals surface area contributed by atoms with E-state index in [4.69, 9.17) is 5.73 Å². The molecule has 4 aromatic heterocycles. The molecule has 4 rings (SSSR count). The highest BCUT2D eigenvalue weighted by Gasteiger charge is 2.32. The molecular formula is C18H12F3N7O. The average Bonchev–Trinajstić information content (AvgIpc) is 3.16. The molecule has 0 fully saturated rings. The van der Waals surface area contributed by atoms with Gasteiger partial charge in [-0.05, 0) is 36.4 Å². The molecule has 11 heteroatoms. The molecule has 4 aromatic rings. The zero-order chi connectivity index (χ0) is 20.6. The SMILES string of the molecule is NC(=O)c1cc(Nc2nc(-c3cccc(C(F)(F)F)n3)nn3cccc23)ccn1. The molecule has 0 atom stereocenters. The second-order valence-electron chi connectivity index (χ2n) is 5.95. The van der Waals surface area contributed by atoms with Gasteiger partial charge in [0.05, 0.1) is 0 Å². The number of carbonyl (C=O) groups excluding carboxylic acids is 1. The number of fused-ring (bicyclic) bond motifs is 1. The molecule has 146 valence electrons. The number of rotatable bonds is 4. The van der Waals surface area contributed by atoms with Gasteiger partial charge in [-0.2, -0.15) is 13.2 Å². The molecule has 0 aliphatic heterocycles. The topological polar surface area (TPSA) is 111 Å². The molecule has 0 aliphatic carbocycles. The monoisotopic (exact) mass is 399 g/mol. The maximum Gasteiger partial charge on any atom is 0.433 e. The summed E-state index contributed by atoms with van der Waals surface area (Å²) in [6, 6.07) is 9.97. The largest absolute Gasteiger partial charge is 0.433 e. The van der Waals surface area contributed by atoms with Crippen molar-refractivity contribution in [3.8, 4) is 11.5 Å². The van der Waals surface area contributed by atoms with Gasteiger partial charge in [0, 0.05) is 18.1 Å². The third kappa shape index (κ3) is 3.70. The Morgan fingerprint density at radius 1 is 1.10 bits per heavy atom. The zero-order valence-corrected chi connectivity index (χ0v) is 14.6. The normalized spacial score (nSPS) is 11.6. The predicted octanol–water partition coefficient (Wildman–Crippen LogP) is 3.05. The van der Waals surface area contributed by atoms with E-state index in [0.717, 1.165) is 6.07 Å². The zero-order valence-electron chi connectivity index (χ0n) is 14.6. The lowest BCUT2D eigenvalue weighted by molar-refractivity contribution is -0.141. The summed E-state index contributed by atoms with van der Waals surface area (Å²) in [5, 5.41) is 7.24. The predicted molar refractivity (Wildman–Crippen MR) is 97.3 cm³/mol. The Kier molecular flexibility index (Phi) is 4.34. The van der Waals surface area contributed by atoms with E-state index in [1.807, 2.05) is 0 Å². The Balaban J connectivity index is 1.79. The van der Waals surface area contributed by atoms with Crippen LogP contribution in [-0.2, 0) is 6.18 Å². The van der Waals surface area contributed by atoms with Crippen LogP contribution in [0.3, 0.4) is 0 Å². The molecule has 3 N–H and O–H groups in total. The summed E-state index contributed by atoms with van der Waals surface area (Å²) in [6.45, 7) is 0. The summed E-state index contributed by atoms with van der Waals surface area (Å²) in [5.74, 6) is -0.398. The fourth-order valence-corrected chi connectivity index (χ4v) is 2.63. The standard InChI is InChI=1S/C18H12F3N7O/c19-18(20,21)14-5-1-3-11(25-14)16-26-17(13-4-2-8-28(13)27-16)24-10-6-7-23-12(9-10)15(22)29/h1-9H,(H2,22,29)(H,23,24,26,27). The van der Waals surface area contributed by atoms with Gasteiger partial charge in [0.1, 0.15) is 22.6 Å². The van der Waals surface area contributed by atoms with E-state index in [2.05, 4.69) is 25.4 Å². The fraction of sp³-hybridized carbons (Fsp3) is 0.0556. The molecule has 0 aromatic carbocycles. The van der Waals surface area contributed by atoms with Crippen LogP contribution in [0, 0.1) is 0 Å². The number of halogens is 3. The maximum atomic E-state index is 13.0. The van der Waals surface area contributed by atoms with Gasteiger partial charge in [-0.1, -0.05) is 6.07 Å². The molecule has 0 radical (unpaired) electrons. The van der Waals surface area contributed by atoms with E-state index in [9.17, 15) is 18.0 Å². The highest BCUT2D eigenvalue weighted by molar-refractivity contribution is 5.92. The molecule has 0 saturated heterocycles. The molecule has 29 heavy (non-hydrogen) atoms. The van der Waals surface area contributed by atoms with Gasteiger partial charge >= 0.3 is 6.18 Å². The first kappa shape index (κ1) is 18.3. The number of hydrogen-bond donors (Lipinski definition) is 2. The van der Waals surface area contributed by atoms with Gasteiger partial charge in [0.15, 0.2) is 5.82 Å². The van der Waals surface area contributed by atoms with Crippen LogP contribution in [0.15, 0.2) is 54.9 Å². The van der Waals surface area contributed by atoms with Gasteiger partial charge < -0.3 is 11.1 Å². The van der Waals surface area contributed by atoms with E-state index >= 15 is 0 Å². The Hall–Kier alpha value is -4.02. The minimum Gasteiger partial charge on any atom is -0.364 e. The molecule has 0 unspecified atom stereocenters. The fourth-order valence-electron chi connectivity index (χ4n) is 2.63. The molecule has 8 nitrogen and oxygen atoms in total. The van der Waals surface area contributed by atoms with Crippen LogP contribution < -0.4 is 11.1 Å². The first-order valence-corrected chi connectivity index (χ1v) is 8.24. The molecule has 0 saturated carbocycles. The number of nitrogens with zero attached hydrogens (tertiary/aromatic N) is 5. The van der Waals surface area contributed by atoms with E-state index in [-0.39, 0.29) is 17.2 Å². The Morgan fingerprint density at radius 2 is 1.93 bits per heavy atom. The molecule has 0 bridgehead atoms. The Morgan fingerprint density at radius 3 is 2.69 bits per heavy atom. The second kappa shape index (κ2) is 6.86. The number of pyridine rings is 2. The molecular weight excluding hydrogens is 387 g/mol. The quantitative estimate of drug-likeness (QED) is 0.546. The van der Waals surface area contributed by atoms with Crippen LogP contribution in [-0.4, -0.2) is 30.5 Å². The van der Waals surface area contributed by atoms with Gasteiger partial charge in [-0.3, -0.25) is 9.78 Å². The molecule has 0 aliphatic rings. The summed E-state index contributed by atoms with van der Waals surface area (Å²) < 4.78 is 40.4. The van der Waals surface area contributed by atoms with E-state index < -0.39 is 17.8 Å². The smallest absolute Gasteiger partial charge is 0.364 e. The number of primary amides is 1. The van der Waals surface area contributed by atoms with Gasteiger partial charge in [-0.25, -0.2) is 14.5 Å². The number of hydrogen-bond acceptors (Lipinski definition) is 6. The third-order valence-electron chi connectivity index (χ3n) is 3.93. The van der Waals surface area contributed by atoms with Crippen LogP contribution in [0.4, 0.5) is 24.7 Å². The third-order valence-corrected chi connectivity index (χ3v) is 3.93. The van der Waals surface area contributed by atoms with Crippen molar-refractivity contribution < 1.29 is 18.0 Å². The van der Waals surface area contributed by atoms with Crippen LogP contribution in [0.1, 0.15) is 16.2 Å². The lowest BCUT2D eigenvalue weighted by Gasteiger charge is -2.11. The highest BCUT2D eigenvalue weighted by atomic mass is 19.4. The van der Waals surface area contributed by atoms with Gasteiger partial charge in [-0.15, -0.1) is 5.10 Å². The number of nitrogens with two attached hydrogens (primary N) is 1. The van der Waals surface area contributed by atoms with Crippen molar-refractivity contribution in [3.05, 3.63) is 66.2 Å². The van der Waals surface area contributed by atoms with Crippen molar-refractivity contribution in [1.29, 1.82) is 0 Å². The first-order valence-electron chi connectivity index (χ1n) is 8.24. The van der Waals surface area contributed by atoms with Crippen molar-refractivity contribution in [1.82, 2.24) is 24.6 Å². The van der Waals surface area contributed by atoms with Gasteiger partial charge in [0.2, 0.25) is 5.82 Å². The van der Waals surface area contributed by atoms with Crippen LogP contribution >= 0.6 is 0 Å². The minimum absolute atomic E-state index is 0.00789. The van der Waals surface area contributed by atoms with E-state index in [1.165, 1.54) is 28.9 Å². The summed E-state index contributed by atoms with van der Waals surface area (Å²) >= 11 is 0. The molecule has 1 amide bonds. The van der Waals surface area contributed by atoms with E-state index in [1.54, 1.807) is 24.4 Å². The van der Waals surface area contributed by atoms with Crippen molar-refractivity contribution in [2.75, 3.05) is 5.32 Å². The summed E-state index contributed by atoms with van der Waals surface area (Å²) in [6.07, 6.45) is -1.56. The number of nitrogens with one attached hydrogen (secondary N) is 1. The Bertz CT molecular complexity index is 1220. The number of aromatic nitrogens is 5. The van der Waals surface area contributed by atoms with Crippen molar-refractivity contribution >= 4 is 22.9 Å². The lowest BCUT2D eigenvalue weighted by Crippen LogP contribution is -2.13. The second-order valence-corrected chi connectivity index (χ2v) is 5.95. The lowest BCUT2D eigenvalue weighted by atomic mass is 10.3. The minimum atomic E-state index is -4.59. The van der Waals surface area contributed by atoms with Crippen molar-refractivity contribution in [2.24, 2.45) is 5.73 Å². The van der Waals surface area contributed by atoms with Crippen LogP contribution in [0.2, 0.25) is 0 Å². The van der Waals surface area contributed by atoms with E-state index in [0.29, 0.717) is 17.0 Å².